The minimum Gasteiger partial charge on any atom is -0.385 e. The molecule has 0 aromatic carbocycles. The number of halogens is 2. The van der Waals surface area contributed by atoms with Crippen LogP contribution in [0.5, 0.6) is 0 Å². The third kappa shape index (κ3) is 5.94. The summed E-state index contributed by atoms with van der Waals surface area (Å²) in [5, 5.41) is 10.4. The number of nitrogens with two attached hydrogens (primary N) is 2. The van der Waals surface area contributed by atoms with Crippen molar-refractivity contribution in [2.24, 2.45) is 0 Å². The predicted octanol–water partition coefficient (Wildman–Crippen LogP) is -1.14. The molecule has 25 heteroatoms. The molecule has 2 fully saturated rings. The standard InChI is InChI=1S/C20H24F2N10O11P2/c21-7-6(1-40-44(35)36)41-18(32-4-28-10-15(32)29-20(24)30-16(10)34)12(7)43-45(37,38)5-39-19-11(33)8(22)17(42-19)31-3-27-9-13(23)25-2-26-14(9)31/h2-4,6-8,11-12,17-19,33,44H,1,5H2,(H,35,36)(H,37,38)(H2,23,25,26)(H3,24,29,30,34)/t6-,7+,8+,11-,12+,17-,18-,19+/m1/s1. The molecule has 21 nitrogen and oxygen atoms in total. The van der Waals surface area contributed by atoms with Crippen LogP contribution in [0.1, 0.15) is 12.5 Å². The van der Waals surface area contributed by atoms with Crippen LogP contribution in [-0.4, -0.2) is 104 Å². The maximum Gasteiger partial charge on any atom is 0.354 e. The second-order valence-electron chi connectivity index (χ2n) is 9.78. The van der Waals surface area contributed by atoms with Crippen molar-refractivity contribution < 1.29 is 56.1 Å². The van der Waals surface area contributed by atoms with E-state index in [2.05, 4.69) is 34.4 Å². The van der Waals surface area contributed by atoms with Gasteiger partial charge in [0.1, 0.15) is 30.2 Å². The number of nitrogens with one attached hydrogen (secondary N) is 1. The van der Waals surface area contributed by atoms with E-state index in [1.54, 1.807) is 0 Å². The molecule has 2 aliphatic rings. The molecule has 6 rings (SSSR count). The Balaban J connectivity index is 1.20. The molecular formula is C20H24F2N10O11P2. The number of hydrogen-bond donors (Lipinski definition) is 6. The van der Waals surface area contributed by atoms with Crippen LogP contribution in [0.25, 0.3) is 22.3 Å². The largest absolute Gasteiger partial charge is 0.385 e. The number of aliphatic hydroxyl groups is 1. The first-order valence-corrected chi connectivity index (χ1v) is 15.8. The van der Waals surface area contributed by atoms with E-state index in [-0.39, 0.29) is 34.1 Å². The van der Waals surface area contributed by atoms with E-state index in [0.29, 0.717) is 0 Å². The lowest BCUT2D eigenvalue weighted by molar-refractivity contribution is -0.168. The van der Waals surface area contributed by atoms with Crippen LogP contribution in [0.2, 0.25) is 0 Å². The first kappa shape index (κ1) is 31.5. The van der Waals surface area contributed by atoms with Gasteiger partial charge in [0.15, 0.2) is 60.1 Å². The number of imidazole rings is 2. The zero-order chi connectivity index (χ0) is 32.2. The minimum absolute atomic E-state index is 0.00788. The van der Waals surface area contributed by atoms with Gasteiger partial charge in [-0.2, -0.15) is 4.98 Å². The Bertz CT molecular complexity index is 1860. The highest BCUT2D eigenvalue weighted by Gasteiger charge is 2.52. The summed E-state index contributed by atoms with van der Waals surface area (Å²) in [6.45, 7) is -0.762. The number of rotatable bonds is 10. The Hall–Kier alpha value is -3.50. The van der Waals surface area contributed by atoms with Crippen LogP contribution in [-0.2, 0) is 32.4 Å². The number of fused-ring (bicyclic) bond motifs is 2. The van der Waals surface area contributed by atoms with Gasteiger partial charge in [0.25, 0.3) is 5.56 Å². The molecule has 244 valence electrons. The first-order chi connectivity index (χ1) is 21.3. The van der Waals surface area contributed by atoms with Crippen molar-refractivity contribution in [3.05, 3.63) is 29.3 Å². The lowest BCUT2D eigenvalue weighted by Gasteiger charge is -2.24. The van der Waals surface area contributed by atoms with Crippen molar-refractivity contribution in [1.82, 2.24) is 39.0 Å². The summed E-state index contributed by atoms with van der Waals surface area (Å²) >= 11 is 0. The van der Waals surface area contributed by atoms with Crippen molar-refractivity contribution in [3.8, 4) is 0 Å². The number of anilines is 2. The average Bonchev–Trinajstić information content (AvgIpc) is 3.73. The third-order valence-corrected chi connectivity index (χ3v) is 8.32. The van der Waals surface area contributed by atoms with E-state index in [1.165, 1.54) is 0 Å². The van der Waals surface area contributed by atoms with E-state index >= 15 is 8.78 Å². The van der Waals surface area contributed by atoms with Gasteiger partial charge in [-0.25, -0.2) is 28.7 Å². The number of aliphatic hydroxyl groups excluding tert-OH is 1. The molecule has 6 heterocycles. The monoisotopic (exact) mass is 680 g/mol. The minimum atomic E-state index is -4.99. The average molecular weight is 680 g/mol. The van der Waals surface area contributed by atoms with Crippen LogP contribution < -0.4 is 17.0 Å². The molecule has 0 amide bonds. The van der Waals surface area contributed by atoms with Crippen LogP contribution in [0.15, 0.2) is 23.8 Å². The normalized spacial score (nSPS) is 30.7. The topological polar surface area (TPSA) is 300 Å². The van der Waals surface area contributed by atoms with Crippen LogP contribution in [0, 0.1) is 0 Å². The second-order valence-corrected chi connectivity index (χ2v) is 12.3. The number of hydrogen-bond acceptors (Lipinski definition) is 16. The zero-order valence-corrected chi connectivity index (χ0v) is 24.3. The summed E-state index contributed by atoms with van der Waals surface area (Å²) in [5.41, 5.74) is 10.4. The fourth-order valence-corrected chi connectivity index (χ4v) is 6.17. The van der Waals surface area contributed by atoms with Gasteiger partial charge in [-0.05, 0) is 0 Å². The van der Waals surface area contributed by atoms with E-state index in [9.17, 15) is 23.9 Å². The van der Waals surface area contributed by atoms with Crippen LogP contribution in [0.3, 0.4) is 0 Å². The molecule has 2 unspecified atom stereocenters. The SMILES string of the molecule is Nc1nc2c(ncn2[C@@H]2O[C@H](CO[PH](=O)O)[C@H](F)[C@@H]2OP(=O)(O)CO[C@H]2O[C@@H](n3cnc4c(N)ncnc43)[C@@H](F)[C@H]2O)c(=O)[nH]1. The second kappa shape index (κ2) is 12.0. The number of aromatic amines is 1. The summed E-state index contributed by atoms with van der Waals surface area (Å²) < 4.78 is 83.0. The maximum atomic E-state index is 15.6. The first-order valence-electron chi connectivity index (χ1n) is 12.7. The Morgan fingerprint density at radius 1 is 1.07 bits per heavy atom. The molecule has 0 bridgehead atoms. The van der Waals surface area contributed by atoms with Gasteiger partial charge < -0.3 is 45.1 Å². The van der Waals surface area contributed by atoms with Crippen molar-refractivity contribution in [2.75, 3.05) is 24.4 Å². The molecule has 2 saturated heterocycles. The number of ether oxygens (including phenoxy) is 3. The number of nitrogens with zero attached hydrogens (tertiary/aromatic N) is 7. The summed E-state index contributed by atoms with van der Waals surface area (Å²) in [5.74, 6) is -0.325. The van der Waals surface area contributed by atoms with Gasteiger partial charge in [-0.1, -0.05) is 0 Å². The van der Waals surface area contributed by atoms with Crippen molar-refractivity contribution in [3.63, 3.8) is 0 Å². The van der Waals surface area contributed by atoms with Gasteiger partial charge in [-0.3, -0.25) is 32.6 Å². The maximum absolute atomic E-state index is 15.6. The number of alkyl halides is 2. The van der Waals surface area contributed by atoms with Crippen LogP contribution >= 0.6 is 15.9 Å². The smallest absolute Gasteiger partial charge is 0.354 e. The lowest BCUT2D eigenvalue weighted by Crippen LogP contribution is -2.33. The van der Waals surface area contributed by atoms with E-state index in [4.69, 9.17) is 35.1 Å². The predicted molar refractivity (Wildman–Crippen MR) is 144 cm³/mol. The quantitative estimate of drug-likeness (QED) is 0.108. The Labute approximate surface area is 248 Å². The van der Waals surface area contributed by atoms with Crippen LogP contribution in [0.4, 0.5) is 20.5 Å². The molecule has 0 saturated carbocycles. The summed E-state index contributed by atoms with van der Waals surface area (Å²) in [7, 11) is -8.51. The van der Waals surface area contributed by atoms with Gasteiger partial charge in [0, 0.05) is 0 Å². The molecule has 10 atom stereocenters. The molecule has 0 aliphatic carbocycles. The van der Waals surface area contributed by atoms with E-state index in [1.807, 2.05) is 0 Å². The number of H-pyrrole nitrogens is 1. The van der Waals surface area contributed by atoms with Gasteiger partial charge in [-0.15, -0.1) is 0 Å². The number of nitrogen functional groups attached to an aromatic ring is 2. The van der Waals surface area contributed by atoms with Gasteiger partial charge in [0.05, 0.1) is 19.3 Å². The molecule has 45 heavy (non-hydrogen) atoms. The summed E-state index contributed by atoms with van der Waals surface area (Å²) in [6.07, 6.45) is -12.8. The Morgan fingerprint density at radius 2 is 1.78 bits per heavy atom. The highest BCUT2D eigenvalue weighted by molar-refractivity contribution is 7.52. The Morgan fingerprint density at radius 3 is 2.51 bits per heavy atom. The highest BCUT2D eigenvalue weighted by Crippen LogP contribution is 2.50. The summed E-state index contributed by atoms with van der Waals surface area (Å²) in [4.78, 5) is 53.7. The fourth-order valence-electron chi connectivity index (χ4n) is 4.86. The lowest BCUT2D eigenvalue weighted by atomic mass is 10.1. The molecule has 0 spiro atoms. The van der Waals surface area contributed by atoms with Gasteiger partial charge >= 0.3 is 15.9 Å². The fraction of sp³-hybridized carbons (Fsp3) is 0.500. The Kier molecular flexibility index (Phi) is 8.41. The molecule has 4 aromatic heterocycles. The molecular weight excluding hydrogens is 656 g/mol. The van der Waals surface area contributed by atoms with Crippen molar-refractivity contribution in [1.29, 1.82) is 0 Å². The van der Waals surface area contributed by atoms with Crippen molar-refractivity contribution in [2.45, 2.75) is 49.4 Å². The van der Waals surface area contributed by atoms with Crippen molar-refractivity contribution >= 4 is 49.9 Å². The van der Waals surface area contributed by atoms with E-state index < -0.39 is 83.8 Å². The van der Waals surface area contributed by atoms with E-state index in [0.717, 1.165) is 28.1 Å². The third-order valence-electron chi connectivity index (χ3n) is 6.86. The molecule has 8 N–H and O–H groups in total. The molecule has 0 radical (unpaired) electrons. The highest BCUT2D eigenvalue weighted by atomic mass is 31.2. The number of aromatic nitrogens is 8. The molecule has 2 aliphatic heterocycles. The zero-order valence-electron chi connectivity index (χ0n) is 22.4. The summed E-state index contributed by atoms with van der Waals surface area (Å²) in [6, 6.07) is 0. The van der Waals surface area contributed by atoms with Gasteiger partial charge in [0.2, 0.25) is 5.95 Å². The molecule has 4 aromatic rings.